The Kier molecular flexibility index (Phi) is 8.07. The molecule has 0 radical (unpaired) electrons. The Morgan fingerprint density at radius 3 is 2.79 bits per heavy atom. The molecule has 1 aromatic carbocycles. The number of benzene rings is 1. The number of likely N-dealkylation sites (N-methyl/N-ethyl adjacent to an activating group) is 1. The largest absolute Gasteiger partial charge is 0.573 e. The van der Waals surface area contributed by atoms with Gasteiger partial charge in [-0.3, -0.25) is 9.89 Å². The number of nitrogens with zero attached hydrogens (tertiary/aromatic N) is 2. The Bertz CT molecular complexity index is 554. The minimum atomic E-state index is -4.75. The van der Waals surface area contributed by atoms with Crippen LogP contribution in [-0.4, -0.2) is 42.9 Å². The van der Waals surface area contributed by atoms with Crippen molar-refractivity contribution in [1.29, 1.82) is 0 Å². The number of guanidine groups is 1. The smallest absolute Gasteiger partial charge is 0.404 e. The van der Waals surface area contributed by atoms with E-state index in [0.29, 0.717) is 12.6 Å². The standard InChI is InChI=1S/C15H21F3N4O.HI/c1-2-22-9-5-6-11(22)10-20-14(19)21-12-7-3-4-8-13(12)23-15(16,17)18;/h3-4,7-8,11H,2,5-6,9-10H2,1H3,(H3,19,20,21);1H. The van der Waals surface area contributed by atoms with Crippen LogP contribution in [0.5, 0.6) is 5.75 Å². The molecule has 0 bridgehead atoms. The van der Waals surface area contributed by atoms with Crippen molar-refractivity contribution in [2.24, 2.45) is 10.7 Å². The number of para-hydroxylation sites is 2. The van der Waals surface area contributed by atoms with Gasteiger partial charge in [0.25, 0.3) is 0 Å². The highest BCUT2D eigenvalue weighted by molar-refractivity contribution is 14.0. The maximum atomic E-state index is 12.4. The molecule has 1 aromatic rings. The third-order valence-electron chi connectivity index (χ3n) is 3.75. The number of hydrogen-bond donors (Lipinski definition) is 2. The van der Waals surface area contributed by atoms with E-state index in [9.17, 15) is 13.2 Å². The van der Waals surface area contributed by atoms with E-state index < -0.39 is 6.36 Å². The molecule has 1 fully saturated rings. The number of halogens is 4. The predicted molar refractivity (Wildman–Crippen MR) is 98.9 cm³/mol. The Balaban J connectivity index is 0.00000288. The summed E-state index contributed by atoms with van der Waals surface area (Å²) in [4.78, 5) is 6.56. The highest BCUT2D eigenvalue weighted by Gasteiger charge is 2.32. The zero-order valence-corrected chi connectivity index (χ0v) is 15.7. The lowest BCUT2D eigenvalue weighted by Gasteiger charge is -2.21. The van der Waals surface area contributed by atoms with Crippen molar-refractivity contribution in [1.82, 2.24) is 4.90 Å². The van der Waals surface area contributed by atoms with E-state index in [1.165, 1.54) is 18.2 Å². The minimum absolute atomic E-state index is 0. The molecule has 1 aliphatic heterocycles. The molecule has 0 saturated carbocycles. The SMILES string of the molecule is CCN1CCCC1CN=C(N)Nc1ccccc1OC(F)(F)F.I. The van der Waals surface area contributed by atoms with Crippen LogP contribution < -0.4 is 15.8 Å². The Labute approximate surface area is 156 Å². The first-order chi connectivity index (χ1) is 10.9. The summed E-state index contributed by atoms with van der Waals surface area (Å²) < 4.78 is 41.1. The molecule has 0 spiro atoms. The van der Waals surface area contributed by atoms with Crippen molar-refractivity contribution >= 4 is 35.6 Å². The number of hydrogen-bond acceptors (Lipinski definition) is 3. The van der Waals surface area contributed by atoms with E-state index in [-0.39, 0.29) is 41.4 Å². The molecular formula is C15H22F3IN4O. The monoisotopic (exact) mass is 458 g/mol. The summed E-state index contributed by atoms with van der Waals surface area (Å²) in [5, 5.41) is 2.67. The maximum absolute atomic E-state index is 12.4. The maximum Gasteiger partial charge on any atom is 0.573 e. The first-order valence-electron chi connectivity index (χ1n) is 7.55. The number of rotatable bonds is 5. The second-order valence-electron chi connectivity index (χ2n) is 5.32. The number of anilines is 1. The molecule has 1 aliphatic rings. The van der Waals surface area contributed by atoms with Gasteiger partial charge >= 0.3 is 6.36 Å². The first-order valence-corrected chi connectivity index (χ1v) is 7.55. The molecule has 136 valence electrons. The van der Waals surface area contributed by atoms with Crippen molar-refractivity contribution in [3.63, 3.8) is 0 Å². The summed E-state index contributed by atoms with van der Waals surface area (Å²) in [5.41, 5.74) is 5.92. The van der Waals surface area contributed by atoms with Crippen LogP contribution >= 0.6 is 24.0 Å². The third-order valence-corrected chi connectivity index (χ3v) is 3.75. The van der Waals surface area contributed by atoms with E-state index in [1.54, 1.807) is 6.07 Å². The Hall–Kier alpha value is -1.23. The van der Waals surface area contributed by atoms with Gasteiger partial charge in [0.2, 0.25) is 0 Å². The number of nitrogens with two attached hydrogens (primary N) is 1. The fourth-order valence-corrected chi connectivity index (χ4v) is 2.68. The van der Waals surface area contributed by atoms with Crippen LogP contribution in [0.25, 0.3) is 0 Å². The van der Waals surface area contributed by atoms with Crippen LogP contribution in [0.4, 0.5) is 18.9 Å². The Morgan fingerprint density at radius 1 is 1.42 bits per heavy atom. The molecule has 5 nitrogen and oxygen atoms in total. The summed E-state index contributed by atoms with van der Waals surface area (Å²) >= 11 is 0. The van der Waals surface area contributed by atoms with Crippen molar-refractivity contribution in [2.45, 2.75) is 32.2 Å². The van der Waals surface area contributed by atoms with E-state index in [0.717, 1.165) is 25.9 Å². The highest BCUT2D eigenvalue weighted by atomic mass is 127. The Morgan fingerprint density at radius 2 is 2.12 bits per heavy atom. The van der Waals surface area contributed by atoms with E-state index in [1.807, 2.05) is 0 Å². The molecule has 3 N–H and O–H groups in total. The molecule has 24 heavy (non-hydrogen) atoms. The first kappa shape index (κ1) is 20.8. The molecular weight excluding hydrogens is 436 g/mol. The van der Waals surface area contributed by atoms with E-state index >= 15 is 0 Å². The fourth-order valence-electron chi connectivity index (χ4n) is 2.68. The quantitative estimate of drug-likeness (QED) is 0.404. The molecule has 0 amide bonds. The molecule has 2 rings (SSSR count). The van der Waals surface area contributed by atoms with Crippen LogP contribution in [0, 0.1) is 0 Å². The van der Waals surface area contributed by atoms with Gasteiger partial charge in [-0.15, -0.1) is 37.1 Å². The zero-order valence-electron chi connectivity index (χ0n) is 13.3. The van der Waals surface area contributed by atoms with Gasteiger partial charge in [-0.25, -0.2) is 0 Å². The van der Waals surface area contributed by atoms with Gasteiger partial charge in [0.05, 0.1) is 12.2 Å². The van der Waals surface area contributed by atoms with Crippen molar-refractivity contribution in [3.05, 3.63) is 24.3 Å². The van der Waals surface area contributed by atoms with Crippen LogP contribution in [0.3, 0.4) is 0 Å². The van der Waals surface area contributed by atoms with Gasteiger partial charge in [0.15, 0.2) is 11.7 Å². The second-order valence-corrected chi connectivity index (χ2v) is 5.32. The van der Waals surface area contributed by atoms with Crippen LogP contribution in [-0.2, 0) is 0 Å². The number of aliphatic imine (C=N–C) groups is 1. The van der Waals surface area contributed by atoms with Crippen molar-refractivity contribution < 1.29 is 17.9 Å². The second kappa shape index (κ2) is 9.30. The number of nitrogens with one attached hydrogen (secondary N) is 1. The summed E-state index contributed by atoms with van der Waals surface area (Å²) in [5.74, 6) is -0.264. The zero-order chi connectivity index (χ0) is 16.9. The minimum Gasteiger partial charge on any atom is -0.404 e. The lowest BCUT2D eigenvalue weighted by atomic mass is 10.2. The number of alkyl halides is 3. The van der Waals surface area contributed by atoms with Gasteiger partial charge in [-0.2, -0.15) is 0 Å². The molecule has 1 unspecified atom stereocenters. The predicted octanol–water partition coefficient (Wildman–Crippen LogP) is 3.41. The average molecular weight is 458 g/mol. The van der Waals surface area contributed by atoms with Crippen LogP contribution in [0.1, 0.15) is 19.8 Å². The topological polar surface area (TPSA) is 62.9 Å². The summed E-state index contributed by atoms with van der Waals surface area (Å²) in [6.45, 7) is 4.62. The van der Waals surface area contributed by atoms with E-state index in [4.69, 9.17) is 5.73 Å². The highest BCUT2D eigenvalue weighted by Crippen LogP contribution is 2.29. The van der Waals surface area contributed by atoms with Crippen LogP contribution in [0.15, 0.2) is 29.3 Å². The third kappa shape index (κ3) is 6.34. The van der Waals surface area contributed by atoms with Crippen LogP contribution in [0.2, 0.25) is 0 Å². The van der Waals surface area contributed by atoms with Crippen molar-refractivity contribution in [2.75, 3.05) is 25.0 Å². The molecule has 9 heteroatoms. The molecule has 1 atom stereocenters. The summed E-state index contributed by atoms with van der Waals surface area (Å²) in [6, 6.07) is 6.06. The average Bonchev–Trinajstić information content (AvgIpc) is 2.93. The van der Waals surface area contributed by atoms with Gasteiger partial charge in [0, 0.05) is 6.04 Å². The number of likely N-dealkylation sites (tertiary alicyclic amines) is 1. The summed E-state index contributed by atoms with van der Waals surface area (Å²) in [6.07, 6.45) is -2.57. The van der Waals surface area contributed by atoms with Gasteiger partial charge in [0.1, 0.15) is 0 Å². The molecule has 1 heterocycles. The van der Waals surface area contributed by atoms with E-state index in [2.05, 4.69) is 26.9 Å². The van der Waals surface area contributed by atoms with Gasteiger partial charge < -0.3 is 15.8 Å². The normalized spacial score (nSPS) is 19.0. The van der Waals surface area contributed by atoms with Gasteiger partial charge in [-0.1, -0.05) is 19.1 Å². The lowest BCUT2D eigenvalue weighted by molar-refractivity contribution is -0.274. The number of ether oxygens (including phenoxy) is 1. The summed E-state index contributed by atoms with van der Waals surface area (Å²) in [7, 11) is 0. The molecule has 1 saturated heterocycles. The molecule has 0 aromatic heterocycles. The lowest BCUT2D eigenvalue weighted by Crippen LogP contribution is -2.33. The molecule has 0 aliphatic carbocycles. The van der Waals surface area contributed by atoms with Gasteiger partial charge in [-0.05, 0) is 38.1 Å². The van der Waals surface area contributed by atoms with Crippen molar-refractivity contribution in [3.8, 4) is 5.75 Å². The fraction of sp³-hybridized carbons (Fsp3) is 0.533.